The van der Waals surface area contributed by atoms with Crippen molar-refractivity contribution in [3.8, 4) is 0 Å². The van der Waals surface area contributed by atoms with E-state index in [0.29, 0.717) is 5.41 Å². The second-order valence-corrected chi connectivity index (χ2v) is 7.91. The maximum atomic E-state index is 6.12. The molecule has 4 rings (SSSR count). The summed E-state index contributed by atoms with van der Waals surface area (Å²) < 4.78 is 0. The van der Waals surface area contributed by atoms with Crippen LogP contribution in [-0.4, -0.2) is 0 Å². The van der Waals surface area contributed by atoms with Gasteiger partial charge in [-0.15, -0.1) is 0 Å². The number of nitrogen functional groups attached to an aromatic ring is 1. The third kappa shape index (κ3) is 1.68. The lowest BCUT2D eigenvalue weighted by atomic mass is 9.56. The number of hydrogen-bond donors (Lipinski definition) is 1. The zero-order chi connectivity index (χ0) is 13.9. The molecule has 2 fully saturated rings. The molecule has 20 heavy (non-hydrogen) atoms. The van der Waals surface area contributed by atoms with Gasteiger partial charge in [-0.2, -0.15) is 0 Å². The molecular formula is C19H27N. The molecule has 2 saturated carbocycles. The maximum absolute atomic E-state index is 6.12. The topological polar surface area (TPSA) is 26.0 Å². The number of fused-ring (bicyclic) bond motifs is 5. The third-order valence-electron chi connectivity index (χ3n) is 6.89. The van der Waals surface area contributed by atoms with E-state index >= 15 is 0 Å². The summed E-state index contributed by atoms with van der Waals surface area (Å²) in [6.07, 6.45) is 9.96. The molecule has 1 aromatic rings. The molecule has 3 unspecified atom stereocenters. The van der Waals surface area contributed by atoms with E-state index in [9.17, 15) is 0 Å². The monoisotopic (exact) mass is 269 g/mol. The molecule has 1 nitrogen and oxygen atoms in total. The van der Waals surface area contributed by atoms with Gasteiger partial charge in [-0.05, 0) is 91.4 Å². The molecule has 0 bridgehead atoms. The van der Waals surface area contributed by atoms with Crippen LogP contribution in [0.4, 0.5) is 5.69 Å². The van der Waals surface area contributed by atoms with Crippen molar-refractivity contribution in [2.45, 2.75) is 64.7 Å². The Balaban J connectivity index is 1.74. The van der Waals surface area contributed by atoms with Gasteiger partial charge in [-0.25, -0.2) is 0 Å². The van der Waals surface area contributed by atoms with E-state index in [4.69, 9.17) is 5.73 Å². The molecule has 0 amide bonds. The highest BCUT2D eigenvalue weighted by atomic mass is 14.6. The first-order valence-corrected chi connectivity index (χ1v) is 8.47. The van der Waals surface area contributed by atoms with E-state index in [1.54, 1.807) is 11.1 Å². The van der Waals surface area contributed by atoms with Crippen LogP contribution in [0.25, 0.3) is 0 Å². The fourth-order valence-electron chi connectivity index (χ4n) is 5.75. The lowest BCUT2D eigenvalue weighted by molar-refractivity contribution is 0.0598. The van der Waals surface area contributed by atoms with Crippen LogP contribution in [0.3, 0.4) is 0 Å². The third-order valence-corrected chi connectivity index (χ3v) is 6.89. The predicted octanol–water partition coefficient (Wildman–Crippen LogP) is 4.82. The van der Waals surface area contributed by atoms with Crippen molar-refractivity contribution in [3.05, 3.63) is 28.8 Å². The molecule has 108 valence electrons. The first-order valence-electron chi connectivity index (χ1n) is 8.47. The first kappa shape index (κ1) is 12.7. The summed E-state index contributed by atoms with van der Waals surface area (Å²) in [6, 6.07) is 4.68. The van der Waals surface area contributed by atoms with Gasteiger partial charge in [-0.1, -0.05) is 19.4 Å². The van der Waals surface area contributed by atoms with Gasteiger partial charge in [-0.3, -0.25) is 0 Å². The summed E-state index contributed by atoms with van der Waals surface area (Å²) in [5.41, 5.74) is 12.3. The van der Waals surface area contributed by atoms with Gasteiger partial charge in [0.1, 0.15) is 0 Å². The normalized spacial score (nSPS) is 39.0. The van der Waals surface area contributed by atoms with Crippen LogP contribution in [0.5, 0.6) is 0 Å². The Hall–Kier alpha value is -0.980. The summed E-state index contributed by atoms with van der Waals surface area (Å²) >= 11 is 0. The highest BCUT2D eigenvalue weighted by molar-refractivity contribution is 5.53. The molecule has 3 aliphatic carbocycles. The van der Waals surface area contributed by atoms with Gasteiger partial charge in [0.15, 0.2) is 0 Å². The standard InChI is InChI=1S/C19H27N/c1-12-10-16-13(11-18(12)20)5-6-15-14(16)7-9-19(2)8-3-4-17(15)19/h10-11,14-15,17H,3-9,20H2,1-2H3/t14?,15?,17?,19-/m0/s1. The van der Waals surface area contributed by atoms with Crippen molar-refractivity contribution in [2.75, 3.05) is 5.73 Å². The minimum absolute atomic E-state index is 0.668. The van der Waals surface area contributed by atoms with Crippen molar-refractivity contribution in [1.82, 2.24) is 0 Å². The van der Waals surface area contributed by atoms with Crippen molar-refractivity contribution < 1.29 is 0 Å². The van der Waals surface area contributed by atoms with Gasteiger partial charge >= 0.3 is 0 Å². The van der Waals surface area contributed by atoms with Crippen LogP contribution >= 0.6 is 0 Å². The molecule has 0 spiro atoms. The zero-order valence-corrected chi connectivity index (χ0v) is 12.9. The Kier molecular flexibility index (Phi) is 2.71. The van der Waals surface area contributed by atoms with Crippen molar-refractivity contribution in [3.63, 3.8) is 0 Å². The van der Waals surface area contributed by atoms with Crippen LogP contribution < -0.4 is 5.73 Å². The summed E-state index contributed by atoms with van der Waals surface area (Å²) in [5, 5.41) is 0. The van der Waals surface area contributed by atoms with Gasteiger partial charge < -0.3 is 5.73 Å². The fourth-order valence-corrected chi connectivity index (χ4v) is 5.75. The van der Waals surface area contributed by atoms with Crippen molar-refractivity contribution in [2.24, 2.45) is 17.3 Å². The molecular weight excluding hydrogens is 242 g/mol. The van der Waals surface area contributed by atoms with E-state index in [2.05, 4.69) is 26.0 Å². The van der Waals surface area contributed by atoms with Gasteiger partial charge in [0.05, 0.1) is 0 Å². The minimum atomic E-state index is 0.668. The lowest BCUT2D eigenvalue weighted by Crippen LogP contribution is -2.39. The number of hydrogen-bond acceptors (Lipinski definition) is 1. The van der Waals surface area contributed by atoms with Crippen LogP contribution in [0.15, 0.2) is 12.1 Å². The molecule has 1 heteroatoms. The molecule has 0 aromatic heterocycles. The fraction of sp³-hybridized carbons (Fsp3) is 0.684. The molecule has 0 aliphatic heterocycles. The number of rotatable bonds is 0. The second-order valence-electron chi connectivity index (χ2n) is 7.91. The average Bonchev–Trinajstić information content (AvgIpc) is 2.82. The summed E-state index contributed by atoms with van der Waals surface area (Å²) in [4.78, 5) is 0. The van der Waals surface area contributed by atoms with Crippen LogP contribution in [0.1, 0.15) is 68.1 Å². The smallest absolute Gasteiger partial charge is 0.0346 e. The summed E-state index contributed by atoms with van der Waals surface area (Å²) in [7, 11) is 0. The number of nitrogens with two attached hydrogens (primary N) is 1. The van der Waals surface area contributed by atoms with Crippen molar-refractivity contribution >= 4 is 5.69 Å². The lowest BCUT2D eigenvalue weighted by Gasteiger charge is -2.49. The Morgan fingerprint density at radius 3 is 2.85 bits per heavy atom. The Labute approximate surface area is 122 Å². The zero-order valence-electron chi connectivity index (χ0n) is 12.9. The molecule has 4 atom stereocenters. The van der Waals surface area contributed by atoms with E-state index in [1.807, 2.05) is 0 Å². The molecule has 0 saturated heterocycles. The van der Waals surface area contributed by atoms with Gasteiger partial charge in [0, 0.05) is 5.69 Å². The van der Waals surface area contributed by atoms with E-state index < -0.39 is 0 Å². The summed E-state index contributed by atoms with van der Waals surface area (Å²) in [6.45, 7) is 4.74. The van der Waals surface area contributed by atoms with E-state index in [0.717, 1.165) is 23.4 Å². The largest absolute Gasteiger partial charge is 0.399 e. The highest BCUT2D eigenvalue weighted by Crippen LogP contribution is 2.60. The molecule has 0 heterocycles. The molecule has 0 radical (unpaired) electrons. The Bertz CT molecular complexity index is 547. The summed E-state index contributed by atoms with van der Waals surface area (Å²) in [5.74, 6) is 2.77. The first-order chi connectivity index (χ1) is 9.58. The number of anilines is 1. The molecule has 2 N–H and O–H groups in total. The SMILES string of the molecule is Cc1cc2c(cc1N)CCC1C2CC[C@]2(C)CCCC12. The Morgan fingerprint density at radius 2 is 2.00 bits per heavy atom. The van der Waals surface area contributed by atoms with Crippen molar-refractivity contribution in [1.29, 1.82) is 0 Å². The number of benzene rings is 1. The Morgan fingerprint density at radius 1 is 1.15 bits per heavy atom. The van der Waals surface area contributed by atoms with E-state index in [-0.39, 0.29) is 0 Å². The van der Waals surface area contributed by atoms with Gasteiger partial charge in [0.25, 0.3) is 0 Å². The second kappa shape index (κ2) is 4.26. The van der Waals surface area contributed by atoms with Crippen LogP contribution in [-0.2, 0) is 6.42 Å². The predicted molar refractivity (Wildman–Crippen MR) is 84.8 cm³/mol. The number of aryl methyl sites for hydroxylation is 2. The van der Waals surface area contributed by atoms with E-state index in [1.165, 1.54) is 50.5 Å². The van der Waals surface area contributed by atoms with Crippen LogP contribution in [0, 0.1) is 24.2 Å². The minimum Gasteiger partial charge on any atom is -0.399 e. The molecule has 3 aliphatic rings. The maximum Gasteiger partial charge on any atom is 0.0346 e. The highest BCUT2D eigenvalue weighted by Gasteiger charge is 2.50. The van der Waals surface area contributed by atoms with Gasteiger partial charge in [0.2, 0.25) is 0 Å². The van der Waals surface area contributed by atoms with Crippen LogP contribution in [0.2, 0.25) is 0 Å². The average molecular weight is 269 g/mol. The molecule has 1 aromatic carbocycles. The quantitative estimate of drug-likeness (QED) is 0.671.